The van der Waals surface area contributed by atoms with Gasteiger partial charge in [0.15, 0.2) is 0 Å². The molecular weight excluding hydrogens is 312 g/mol. The van der Waals surface area contributed by atoms with E-state index in [2.05, 4.69) is 0 Å². The Bertz CT molecular complexity index is 819. The van der Waals surface area contributed by atoms with Crippen LogP contribution in [0.4, 0.5) is 0 Å². The topological polar surface area (TPSA) is 129 Å². The van der Waals surface area contributed by atoms with E-state index < -0.39 is 22.1 Å². The average Bonchev–Trinajstić information content (AvgIpc) is 2.46. The Balaban J connectivity index is 2.56. The van der Waals surface area contributed by atoms with Gasteiger partial charge >= 0.3 is 11.9 Å². The third-order valence-electron chi connectivity index (χ3n) is 2.91. The highest BCUT2D eigenvalue weighted by molar-refractivity contribution is 7.85. The molecule has 8 heteroatoms. The van der Waals surface area contributed by atoms with Crippen LogP contribution in [0.15, 0.2) is 47.4 Å². The summed E-state index contributed by atoms with van der Waals surface area (Å²) in [4.78, 5) is 21.8. The van der Waals surface area contributed by atoms with Crippen molar-refractivity contribution in [1.29, 1.82) is 0 Å². The first-order valence-corrected chi connectivity index (χ1v) is 7.32. The fourth-order valence-electron chi connectivity index (χ4n) is 1.86. The van der Waals surface area contributed by atoms with Crippen molar-refractivity contribution in [2.24, 2.45) is 0 Å². The Kier molecular flexibility index (Phi) is 3.98. The predicted molar refractivity (Wildman–Crippen MR) is 75.6 cm³/mol. The standard InChI is InChI=1S/C14H10O7S/c15-13(16)10-5-9(6-11(7-10)14(17)18)8-1-3-12(4-2-8)22(19,20)21/h1-7H,(H,15,16)(H,17,18)(H,19,20,21). The van der Waals surface area contributed by atoms with Gasteiger partial charge in [-0.05, 0) is 41.5 Å². The second kappa shape index (κ2) is 5.58. The average molecular weight is 322 g/mol. The normalized spacial score (nSPS) is 11.1. The zero-order chi connectivity index (χ0) is 16.5. The van der Waals surface area contributed by atoms with E-state index in [-0.39, 0.29) is 16.0 Å². The smallest absolute Gasteiger partial charge is 0.335 e. The zero-order valence-corrected chi connectivity index (χ0v) is 11.7. The Labute approximate surface area is 125 Å². The van der Waals surface area contributed by atoms with Gasteiger partial charge in [-0.2, -0.15) is 8.42 Å². The van der Waals surface area contributed by atoms with E-state index in [9.17, 15) is 18.0 Å². The molecule has 0 saturated carbocycles. The van der Waals surface area contributed by atoms with E-state index in [1.807, 2.05) is 0 Å². The van der Waals surface area contributed by atoms with Crippen LogP contribution < -0.4 is 0 Å². The van der Waals surface area contributed by atoms with Crippen LogP contribution in [0.5, 0.6) is 0 Å². The van der Waals surface area contributed by atoms with E-state index in [1.165, 1.54) is 24.3 Å². The lowest BCUT2D eigenvalue weighted by molar-refractivity contribution is 0.0696. The molecule has 0 saturated heterocycles. The van der Waals surface area contributed by atoms with Crippen LogP contribution in [0.2, 0.25) is 0 Å². The number of benzene rings is 2. The molecule has 0 aliphatic carbocycles. The minimum absolute atomic E-state index is 0.200. The Morgan fingerprint density at radius 1 is 0.773 bits per heavy atom. The van der Waals surface area contributed by atoms with Gasteiger partial charge in [0.05, 0.1) is 16.0 Å². The first-order valence-electron chi connectivity index (χ1n) is 5.88. The van der Waals surface area contributed by atoms with Crippen LogP contribution in [-0.2, 0) is 10.1 Å². The Hall–Kier alpha value is -2.71. The molecule has 0 aliphatic heterocycles. The van der Waals surface area contributed by atoms with E-state index in [4.69, 9.17) is 14.8 Å². The molecule has 0 aromatic heterocycles. The number of rotatable bonds is 4. The summed E-state index contributed by atoms with van der Waals surface area (Å²) in [7, 11) is -4.33. The molecule has 0 atom stereocenters. The van der Waals surface area contributed by atoms with Crippen molar-refractivity contribution >= 4 is 22.1 Å². The molecule has 0 spiro atoms. The van der Waals surface area contributed by atoms with Crippen molar-refractivity contribution in [3.8, 4) is 11.1 Å². The lowest BCUT2D eigenvalue weighted by Crippen LogP contribution is -2.03. The van der Waals surface area contributed by atoms with Crippen molar-refractivity contribution in [2.45, 2.75) is 4.90 Å². The molecule has 2 aromatic carbocycles. The highest BCUT2D eigenvalue weighted by Crippen LogP contribution is 2.24. The van der Waals surface area contributed by atoms with Gasteiger partial charge in [0.2, 0.25) is 0 Å². The third-order valence-corrected chi connectivity index (χ3v) is 3.78. The van der Waals surface area contributed by atoms with E-state index >= 15 is 0 Å². The van der Waals surface area contributed by atoms with Crippen molar-refractivity contribution in [2.75, 3.05) is 0 Å². The second-order valence-electron chi connectivity index (χ2n) is 4.41. The van der Waals surface area contributed by atoms with Crippen LogP contribution in [0.25, 0.3) is 11.1 Å². The predicted octanol–water partition coefficient (Wildman–Crippen LogP) is 2.00. The first kappa shape index (κ1) is 15.7. The number of carboxylic acid groups (broad SMARTS) is 2. The molecule has 2 aromatic rings. The number of aromatic carboxylic acids is 2. The molecule has 0 aliphatic rings. The lowest BCUT2D eigenvalue weighted by atomic mass is 10.00. The summed E-state index contributed by atoms with van der Waals surface area (Å²) in [6.07, 6.45) is 0. The van der Waals surface area contributed by atoms with Gasteiger partial charge < -0.3 is 10.2 Å². The molecule has 114 valence electrons. The summed E-state index contributed by atoms with van der Waals surface area (Å²) in [6.45, 7) is 0. The first-order chi connectivity index (χ1) is 10.2. The molecule has 3 N–H and O–H groups in total. The second-order valence-corrected chi connectivity index (χ2v) is 5.83. The van der Waals surface area contributed by atoms with Crippen LogP contribution in [0.3, 0.4) is 0 Å². The molecular formula is C14H10O7S. The molecule has 2 rings (SSSR count). The zero-order valence-electron chi connectivity index (χ0n) is 10.9. The molecule has 0 bridgehead atoms. The number of hydrogen-bond acceptors (Lipinski definition) is 4. The maximum absolute atomic E-state index is 11.0. The molecule has 0 heterocycles. The summed E-state index contributed by atoms with van der Waals surface area (Å²) >= 11 is 0. The van der Waals surface area contributed by atoms with Crippen molar-refractivity contribution in [1.82, 2.24) is 0 Å². The molecule has 0 fully saturated rings. The lowest BCUT2D eigenvalue weighted by Gasteiger charge is -2.06. The quantitative estimate of drug-likeness (QED) is 0.734. The fourth-order valence-corrected chi connectivity index (χ4v) is 2.34. The molecule has 0 unspecified atom stereocenters. The van der Waals surface area contributed by atoms with Gasteiger partial charge in [-0.3, -0.25) is 4.55 Å². The van der Waals surface area contributed by atoms with Gasteiger partial charge in [-0.1, -0.05) is 12.1 Å². The van der Waals surface area contributed by atoms with Crippen LogP contribution in [-0.4, -0.2) is 35.1 Å². The van der Waals surface area contributed by atoms with E-state index in [0.717, 1.165) is 18.2 Å². The highest BCUT2D eigenvalue weighted by Gasteiger charge is 2.13. The maximum atomic E-state index is 11.0. The summed E-state index contributed by atoms with van der Waals surface area (Å²) in [5.41, 5.74) is 0.319. The van der Waals surface area contributed by atoms with Gasteiger partial charge in [-0.25, -0.2) is 9.59 Å². The van der Waals surface area contributed by atoms with Gasteiger partial charge in [0.1, 0.15) is 0 Å². The van der Waals surface area contributed by atoms with Gasteiger partial charge in [0, 0.05) is 0 Å². The Morgan fingerprint density at radius 3 is 1.59 bits per heavy atom. The Morgan fingerprint density at radius 2 is 1.23 bits per heavy atom. The van der Waals surface area contributed by atoms with Crippen molar-refractivity contribution in [3.63, 3.8) is 0 Å². The van der Waals surface area contributed by atoms with Gasteiger partial charge in [0.25, 0.3) is 10.1 Å². The molecule has 7 nitrogen and oxygen atoms in total. The fraction of sp³-hybridized carbons (Fsp3) is 0. The summed E-state index contributed by atoms with van der Waals surface area (Å²) < 4.78 is 30.8. The van der Waals surface area contributed by atoms with E-state index in [1.54, 1.807) is 0 Å². The number of hydrogen-bond donors (Lipinski definition) is 3. The minimum atomic E-state index is -4.33. The summed E-state index contributed by atoms with van der Waals surface area (Å²) in [5, 5.41) is 18.0. The van der Waals surface area contributed by atoms with Crippen molar-refractivity contribution in [3.05, 3.63) is 53.6 Å². The molecule has 22 heavy (non-hydrogen) atoms. The molecule has 0 radical (unpaired) electrons. The highest BCUT2D eigenvalue weighted by atomic mass is 32.2. The summed E-state index contributed by atoms with van der Waals surface area (Å²) in [6, 6.07) is 8.54. The minimum Gasteiger partial charge on any atom is -0.478 e. The van der Waals surface area contributed by atoms with Crippen molar-refractivity contribution < 1.29 is 32.8 Å². The van der Waals surface area contributed by atoms with Gasteiger partial charge in [-0.15, -0.1) is 0 Å². The van der Waals surface area contributed by atoms with Crippen LogP contribution in [0, 0.1) is 0 Å². The largest absolute Gasteiger partial charge is 0.478 e. The number of carboxylic acids is 2. The third kappa shape index (κ3) is 3.30. The van der Waals surface area contributed by atoms with E-state index in [0.29, 0.717) is 11.1 Å². The summed E-state index contributed by atoms with van der Waals surface area (Å²) in [5.74, 6) is -2.56. The number of carbonyl (C=O) groups is 2. The SMILES string of the molecule is O=C(O)c1cc(C(=O)O)cc(-c2ccc(S(=O)(=O)O)cc2)c1. The molecule has 0 amide bonds. The monoisotopic (exact) mass is 322 g/mol. The van der Waals surface area contributed by atoms with Crippen LogP contribution >= 0.6 is 0 Å². The maximum Gasteiger partial charge on any atom is 0.335 e. The van der Waals surface area contributed by atoms with Crippen LogP contribution in [0.1, 0.15) is 20.7 Å².